The molecule has 0 heterocycles. The molecule has 9 N–H and O–H groups in total. The maximum Gasteiger partial charge on any atom is 0.161 e. The van der Waals surface area contributed by atoms with Crippen LogP contribution in [0, 0.1) is 0 Å². The Balaban J connectivity index is 1.45. The Morgan fingerprint density at radius 2 is 0.521 bits per heavy atom. The van der Waals surface area contributed by atoms with Crippen molar-refractivity contribution < 1.29 is 64.9 Å². The Morgan fingerprint density at radius 3 is 0.849 bits per heavy atom. The third-order valence-corrected chi connectivity index (χ3v) is 13.3. The summed E-state index contributed by atoms with van der Waals surface area (Å²) in [7, 11) is 0. The van der Waals surface area contributed by atoms with Crippen molar-refractivity contribution in [2.75, 3.05) is 26.4 Å². The van der Waals surface area contributed by atoms with Crippen molar-refractivity contribution in [2.24, 2.45) is 0 Å². The van der Waals surface area contributed by atoms with Gasteiger partial charge in [0.1, 0.15) is 28.7 Å². The maximum atomic E-state index is 12.2. The van der Waals surface area contributed by atoms with E-state index in [0.29, 0.717) is 55.6 Å². The SMILES string of the molecule is CCOc1cc(C2c3cccc(c3)C(c3ccc(O)c(OCC)c3)c3cc(c(O)cc3O)C(c3ccc(O)c(OCC)c3)c3cc(ccc3O)C(c3ccc(O)c(OCC)c3)c3cc2c(O)cc3O)ccc1O. The predicted molar refractivity (Wildman–Crippen MR) is 275 cm³/mol. The van der Waals surface area contributed by atoms with Gasteiger partial charge in [-0.1, -0.05) is 60.7 Å². The summed E-state index contributed by atoms with van der Waals surface area (Å²) in [5.74, 6) is -4.71. The fourth-order valence-corrected chi connectivity index (χ4v) is 10.2. The van der Waals surface area contributed by atoms with Crippen molar-refractivity contribution in [3.8, 4) is 74.7 Å². The lowest BCUT2D eigenvalue weighted by Gasteiger charge is -2.29. The lowest BCUT2D eigenvalue weighted by Crippen LogP contribution is -2.13. The molecule has 73 heavy (non-hydrogen) atoms. The number of rotatable bonds is 12. The predicted octanol–water partition coefficient (Wildman–Crippen LogP) is 11.7. The van der Waals surface area contributed by atoms with Gasteiger partial charge in [-0.25, -0.2) is 0 Å². The quantitative estimate of drug-likeness (QED) is 0.0557. The summed E-state index contributed by atoms with van der Waals surface area (Å²) >= 11 is 0. The highest BCUT2D eigenvalue weighted by molar-refractivity contribution is 5.65. The van der Waals surface area contributed by atoms with Crippen molar-refractivity contribution in [1.82, 2.24) is 0 Å². The highest BCUT2D eigenvalue weighted by Crippen LogP contribution is 2.52. The van der Waals surface area contributed by atoms with Crippen LogP contribution in [0.1, 0.15) is 118 Å². The largest absolute Gasteiger partial charge is 0.508 e. The molecule has 4 atom stereocenters. The number of phenolic OH excluding ortho intramolecular Hbond substituents is 9. The number of phenols is 9. The van der Waals surface area contributed by atoms with Gasteiger partial charge in [0.05, 0.1) is 26.4 Å². The van der Waals surface area contributed by atoms with Gasteiger partial charge in [-0.15, -0.1) is 0 Å². The third kappa shape index (κ3) is 9.44. The van der Waals surface area contributed by atoms with E-state index < -0.39 is 23.7 Å². The summed E-state index contributed by atoms with van der Waals surface area (Å²) in [4.78, 5) is 0. The second kappa shape index (κ2) is 20.5. The molecule has 13 nitrogen and oxygen atoms in total. The van der Waals surface area contributed by atoms with E-state index in [9.17, 15) is 46.0 Å². The van der Waals surface area contributed by atoms with Gasteiger partial charge >= 0.3 is 0 Å². The first kappa shape index (κ1) is 49.2. The van der Waals surface area contributed by atoms with E-state index in [4.69, 9.17) is 18.9 Å². The Labute approximate surface area is 422 Å². The van der Waals surface area contributed by atoms with Crippen molar-refractivity contribution in [3.63, 3.8) is 0 Å². The van der Waals surface area contributed by atoms with Crippen molar-refractivity contribution >= 4 is 0 Å². The molecule has 0 radical (unpaired) electrons. The van der Waals surface area contributed by atoms with Gasteiger partial charge < -0.3 is 64.9 Å². The van der Waals surface area contributed by atoms with Crippen LogP contribution in [0.15, 0.2) is 140 Å². The standard InChI is InChI=1S/C60H56O13/c1-5-70-53-24-35(13-18-45(53)62)57-32-10-9-11-33(22-32)58(36-14-19-46(63)54(25-36)71-6-2)42-29-43(52(69)31-51(42)68)60(38-16-21-48(65)56(27-38)73-8-4)39-23-34(12-17-44(39)61)59(41-28-40(57)49(66)30-50(41)67)37-15-20-47(64)55(26-37)72-7-3/h9-31,57-69H,5-8H2,1-4H3. The van der Waals surface area contributed by atoms with Crippen LogP contribution >= 0.6 is 0 Å². The van der Waals surface area contributed by atoms with E-state index in [1.54, 1.807) is 100 Å². The molecule has 374 valence electrons. The summed E-state index contributed by atoms with van der Waals surface area (Å²) in [6, 6.07) is 37.8. The number of hydrogen-bond acceptors (Lipinski definition) is 13. The fraction of sp³-hybridized carbons (Fsp3) is 0.200. The average molecular weight is 985 g/mol. The molecule has 8 bridgehead atoms. The van der Waals surface area contributed by atoms with E-state index in [1.807, 2.05) is 24.3 Å². The molecule has 4 unspecified atom stereocenters. The van der Waals surface area contributed by atoms with Crippen LogP contribution in [0.2, 0.25) is 0 Å². The minimum Gasteiger partial charge on any atom is -0.508 e. The van der Waals surface area contributed by atoms with Gasteiger partial charge in [-0.2, -0.15) is 0 Å². The molecular weight excluding hydrogens is 929 g/mol. The molecule has 0 saturated carbocycles. The van der Waals surface area contributed by atoms with Crippen molar-refractivity contribution in [3.05, 3.63) is 206 Å². The van der Waals surface area contributed by atoms with Gasteiger partial charge in [0.15, 0.2) is 46.0 Å². The Hall–Kier alpha value is -8.84. The van der Waals surface area contributed by atoms with Crippen LogP contribution < -0.4 is 18.9 Å². The zero-order valence-electron chi connectivity index (χ0n) is 40.6. The number of ether oxygens (including phenoxy) is 4. The highest BCUT2D eigenvalue weighted by atomic mass is 16.5. The molecule has 1 aliphatic rings. The second-order valence-electron chi connectivity index (χ2n) is 17.8. The van der Waals surface area contributed by atoms with Crippen LogP contribution in [0.5, 0.6) is 74.7 Å². The number of fused-ring (bicyclic) bond motifs is 8. The van der Waals surface area contributed by atoms with E-state index >= 15 is 0 Å². The van der Waals surface area contributed by atoms with Crippen LogP contribution in [0.4, 0.5) is 0 Å². The molecule has 0 spiro atoms. The monoisotopic (exact) mass is 984 g/mol. The molecule has 1 aliphatic carbocycles. The summed E-state index contributed by atoms with van der Waals surface area (Å²) in [6.45, 7) is 8.08. The minimum atomic E-state index is -1.04. The molecule has 0 saturated heterocycles. The van der Waals surface area contributed by atoms with Crippen LogP contribution in [0.25, 0.3) is 0 Å². The fourth-order valence-electron chi connectivity index (χ4n) is 10.2. The second-order valence-corrected chi connectivity index (χ2v) is 17.8. The molecule has 9 rings (SSSR count). The van der Waals surface area contributed by atoms with Gasteiger partial charge in [-0.3, -0.25) is 0 Å². The summed E-state index contributed by atoms with van der Waals surface area (Å²) in [6.07, 6.45) is 0. The molecule has 0 fully saturated rings. The van der Waals surface area contributed by atoms with E-state index in [-0.39, 0.29) is 112 Å². The Kier molecular flexibility index (Phi) is 13.8. The molecule has 13 heteroatoms. The lowest BCUT2D eigenvalue weighted by atomic mass is 9.75. The summed E-state index contributed by atoms with van der Waals surface area (Å²) in [5, 5.41) is 105. The Bertz CT molecular complexity index is 3340. The first-order chi connectivity index (χ1) is 35.2. The molecule has 8 aromatic rings. The molecule has 0 amide bonds. The minimum absolute atomic E-state index is 0.0976. The smallest absolute Gasteiger partial charge is 0.161 e. The zero-order chi connectivity index (χ0) is 51.7. The molecular formula is C60H56O13. The highest BCUT2D eigenvalue weighted by Gasteiger charge is 2.34. The van der Waals surface area contributed by atoms with E-state index in [0.717, 1.165) is 0 Å². The van der Waals surface area contributed by atoms with Crippen LogP contribution in [-0.4, -0.2) is 72.4 Å². The van der Waals surface area contributed by atoms with Gasteiger partial charge in [0.25, 0.3) is 0 Å². The van der Waals surface area contributed by atoms with Crippen LogP contribution in [-0.2, 0) is 0 Å². The number of aromatic hydroxyl groups is 9. The lowest BCUT2D eigenvalue weighted by molar-refractivity contribution is 0.317. The molecule has 8 aromatic carbocycles. The van der Waals surface area contributed by atoms with Gasteiger partial charge in [0, 0.05) is 63.6 Å². The zero-order valence-corrected chi connectivity index (χ0v) is 40.6. The third-order valence-electron chi connectivity index (χ3n) is 13.3. The van der Waals surface area contributed by atoms with Gasteiger partial charge in [-0.05, 0) is 133 Å². The van der Waals surface area contributed by atoms with Crippen molar-refractivity contribution in [1.29, 1.82) is 0 Å². The summed E-state index contributed by atoms with van der Waals surface area (Å²) < 4.78 is 23.5. The number of benzene rings is 8. The topological polar surface area (TPSA) is 219 Å². The average Bonchev–Trinajstić information content (AvgIpc) is 3.36. The molecule has 0 aliphatic heterocycles. The van der Waals surface area contributed by atoms with Crippen LogP contribution in [0.3, 0.4) is 0 Å². The number of hydrogen-bond donors (Lipinski definition) is 9. The van der Waals surface area contributed by atoms with E-state index in [1.165, 1.54) is 42.5 Å². The first-order valence-electron chi connectivity index (χ1n) is 24.1. The first-order valence-corrected chi connectivity index (χ1v) is 24.1. The maximum absolute atomic E-state index is 12.2. The Morgan fingerprint density at radius 1 is 0.260 bits per heavy atom. The normalized spacial score (nSPS) is 16.1. The van der Waals surface area contributed by atoms with Gasteiger partial charge in [0.2, 0.25) is 0 Å². The van der Waals surface area contributed by atoms with Crippen molar-refractivity contribution in [2.45, 2.75) is 51.4 Å². The summed E-state index contributed by atoms with van der Waals surface area (Å²) in [5.41, 5.74) is 5.44. The molecule has 0 aromatic heterocycles. The van der Waals surface area contributed by atoms with E-state index in [2.05, 4.69) is 0 Å².